The first kappa shape index (κ1) is 12.5. The van der Waals surface area contributed by atoms with Crippen LogP contribution >= 0.6 is 11.8 Å². The molecular formula is C10H12N4O3S. The zero-order valence-corrected chi connectivity index (χ0v) is 10.7. The number of nitrogens with two attached hydrogens (primary N) is 1. The van der Waals surface area contributed by atoms with Crippen molar-refractivity contribution in [2.75, 3.05) is 5.73 Å². The zero-order valence-electron chi connectivity index (χ0n) is 9.88. The van der Waals surface area contributed by atoms with Gasteiger partial charge in [0.05, 0.1) is 5.75 Å². The van der Waals surface area contributed by atoms with Crippen molar-refractivity contribution in [1.82, 2.24) is 14.8 Å². The van der Waals surface area contributed by atoms with Crippen LogP contribution in [-0.2, 0) is 12.8 Å². The molecule has 3 N–H and O–H groups in total. The van der Waals surface area contributed by atoms with Gasteiger partial charge in [0.25, 0.3) is 0 Å². The lowest BCUT2D eigenvalue weighted by atomic mass is 10.2. The van der Waals surface area contributed by atoms with Crippen LogP contribution in [0.5, 0.6) is 0 Å². The number of hydrogen-bond acceptors (Lipinski definition) is 6. The van der Waals surface area contributed by atoms with Gasteiger partial charge in [-0.25, -0.2) is 4.79 Å². The summed E-state index contributed by atoms with van der Waals surface area (Å²) >= 11 is 1.38. The van der Waals surface area contributed by atoms with Crippen LogP contribution in [0.15, 0.2) is 15.6 Å². The topological polar surface area (TPSA) is 107 Å². The Morgan fingerprint density at radius 2 is 2.33 bits per heavy atom. The van der Waals surface area contributed by atoms with E-state index in [1.807, 2.05) is 0 Å². The average Bonchev–Trinajstić information content (AvgIpc) is 2.82. The molecule has 18 heavy (non-hydrogen) atoms. The van der Waals surface area contributed by atoms with Crippen LogP contribution in [0.2, 0.25) is 0 Å². The molecule has 2 aromatic heterocycles. The standard InChI is InChI=1S/C10H12N4O3S/c1-5-7(8(15)16)3-6(17-5)4-18-10-13-12-9(11)14(10)2/h3H,4H2,1-2H3,(H2,11,12)(H,15,16). The molecule has 0 spiro atoms. The molecule has 0 atom stereocenters. The lowest BCUT2D eigenvalue weighted by Crippen LogP contribution is -1.98. The smallest absolute Gasteiger partial charge is 0.339 e. The van der Waals surface area contributed by atoms with Gasteiger partial charge >= 0.3 is 5.97 Å². The molecule has 8 heteroatoms. The van der Waals surface area contributed by atoms with Crippen molar-refractivity contribution >= 4 is 23.7 Å². The molecule has 96 valence electrons. The van der Waals surface area contributed by atoms with Gasteiger partial charge in [0.1, 0.15) is 17.1 Å². The third kappa shape index (κ3) is 2.33. The van der Waals surface area contributed by atoms with E-state index in [1.165, 1.54) is 17.8 Å². The Morgan fingerprint density at radius 3 is 2.83 bits per heavy atom. The number of anilines is 1. The number of carboxylic acid groups (broad SMARTS) is 1. The van der Waals surface area contributed by atoms with Gasteiger partial charge in [-0.05, 0) is 13.0 Å². The van der Waals surface area contributed by atoms with Gasteiger partial charge in [-0.3, -0.25) is 4.57 Å². The fourth-order valence-corrected chi connectivity index (χ4v) is 2.21. The van der Waals surface area contributed by atoms with E-state index >= 15 is 0 Å². The summed E-state index contributed by atoms with van der Waals surface area (Å²) < 4.78 is 7.01. The molecular weight excluding hydrogens is 256 g/mol. The molecule has 0 saturated carbocycles. The third-order valence-corrected chi connectivity index (χ3v) is 3.45. The number of rotatable bonds is 4. The molecule has 0 aromatic carbocycles. The molecule has 0 radical (unpaired) electrons. The number of aromatic nitrogens is 3. The Labute approximate surface area is 107 Å². The minimum absolute atomic E-state index is 0.183. The van der Waals surface area contributed by atoms with Crippen molar-refractivity contribution in [3.05, 3.63) is 23.2 Å². The van der Waals surface area contributed by atoms with E-state index in [0.29, 0.717) is 28.4 Å². The summed E-state index contributed by atoms with van der Waals surface area (Å²) in [5.41, 5.74) is 5.74. The van der Waals surface area contributed by atoms with Crippen molar-refractivity contribution in [3.63, 3.8) is 0 Å². The second kappa shape index (κ2) is 4.73. The van der Waals surface area contributed by atoms with E-state index in [0.717, 1.165) is 0 Å². The van der Waals surface area contributed by atoms with E-state index in [9.17, 15) is 4.79 Å². The number of hydrogen-bond donors (Lipinski definition) is 2. The average molecular weight is 268 g/mol. The molecule has 0 aliphatic carbocycles. The van der Waals surface area contributed by atoms with Crippen LogP contribution in [0.1, 0.15) is 21.9 Å². The van der Waals surface area contributed by atoms with E-state index in [4.69, 9.17) is 15.3 Å². The molecule has 0 aliphatic rings. The third-order valence-electron chi connectivity index (χ3n) is 2.41. The van der Waals surface area contributed by atoms with Gasteiger partial charge in [0, 0.05) is 7.05 Å². The zero-order chi connectivity index (χ0) is 13.3. The maximum Gasteiger partial charge on any atom is 0.339 e. The van der Waals surface area contributed by atoms with Gasteiger partial charge in [-0.1, -0.05) is 11.8 Å². The fraction of sp³-hybridized carbons (Fsp3) is 0.300. The molecule has 0 fully saturated rings. The maximum atomic E-state index is 10.9. The van der Waals surface area contributed by atoms with Crippen molar-refractivity contribution in [1.29, 1.82) is 0 Å². The Kier molecular flexibility index (Phi) is 3.28. The van der Waals surface area contributed by atoms with Crippen LogP contribution in [0.4, 0.5) is 5.95 Å². The summed E-state index contributed by atoms with van der Waals surface area (Å²) in [6.07, 6.45) is 0. The number of carbonyl (C=O) groups is 1. The van der Waals surface area contributed by atoms with Gasteiger partial charge in [0.15, 0.2) is 5.16 Å². The summed E-state index contributed by atoms with van der Waals surface area (Å²) in [5.74, 6) is 0.793. The molecule has 2 rings (SSSR count). The lowest BCUT2D eigenvalue weighted by Gasteiger charge is -1.98. The summed E-state index contributed by atoms with van der Waals surface area (Å²) in [4.78, 5) is 10.9. The molecule has 0 amide bonds. The Morgan fingerprint density at radius 1 is 1.61 bits per heavy atom. The number of thioether (sulfide) groups is 1. The molecule has 0 saturated heterocycles. The SMILES string of the molecule is Cc1oc(CSc2nnc(N)n2C)cc1C(=O)O. The Balaban J connectivity index is 2.09. The molecule has 2 aromatic rings. The van der Waals surface area contributed by atoms with E-state index in [1.54, 1.807) is 18.5 Å². The summed E-state index contributed by atoms with van der Waals surface area (Å²) in [6.45, 7) is 1.62. The molecule has 0 unspecified atom stereocenters. The predicted octanol–water partition coefficient (Wildman–Crippen LogP) is 1.29. The summed E-state index contributed by atoms with van der Waals surface area (Å²) in [7, 11) is 1.76. The largest absolute Gasteiger partial charge is 0.478 e. The first-order valence-electron chi connectivity index (χ1n) is 5.09. The first-order chi connectivity index (χ1) is 8.49. The fourth-order valence-electron chi connectivity index (χ4n) is 1.41. The van der Waals surface area contributed by atoms with Gasteiger partial charge in [0.2, 0.25) is 5.95 Å². The number of furan rings is 1. The number of carboxylic acids is 1. The number of aryl methyl sites for hydroxylation is 1. The minimum Gasteiger partial charge on any atom is -0.478 e. The number of nitrogens with zero attached hydrogens (tertiary/aromatic N) is 3. The minimum atomic E-state index is -0.990. The normalized spacial score (nSPS) is 10.8. The lowest BCUT2D eigenvalue weighted by molar-refractivity contribution is 0.0695. The van der Waals surface area contributed by atoms with Crippen LogP contribution in [-0.4, -0.2) is 25.8 Å². The van der Waals surface area contributed by atoms with Gasteiger partial charge < -0.3 is 15.3 Å². The monoisotopic (exact) mass is 268 g/mol. The van der Waals surface area contributed by atoms with Crippen molar-refractivity contribution < 1.29 is 14.3 Å². The summed E-state index contributed by atoms with van der Waals surface area (Å²) in [5, 5.41) is 17.2. The van der Waals surface area contributed by atoms with Crippen molar-refractivity contribution in [2.24, 2.45) is 7.05 Å². The highest BCUT2D eigenvalue weighted by molar-refractivity contribution is 7.98. The van der Waals surface area contributed by atoms with Crippen LogP contribution in [0, 0.1) is 6.92 Å². The van der Waals surface area contributed by atoms with Crippen molar-refractivity contribution in [2.45, 2.75) is 17.8 Å². The molecule has 0 aliphatic heterocycles. The highest BCUT2D eigenvalue weighted by Crippen LogP contribution is 2.24. The highest BCUT2D eigenvalue weighted by atomic mass is 32.2. The quantitative estimate of drug-likeness (QED) is 0.804. The predicted molar refractivity (Wildman–Crippen MR) is 65.4 cm³/mol. The summed E-state index contributed by atoms with van der Waals surface area (Å²) in [6, 6.07) is 1.52. The second-order valence-corrected chi connectivity index (χ2v) is 4.62. The second-order valence-electron chi connectivity index (χ2n) is 3.68. The Bertz CT molecular complexity index is 590. The number of nitrogen functional groups attached to an aromatic ring is 1. The highest BCUT2D eigenvalue weighted by Gasteiger charge is 2.14. The van der Waals surface area contributed by atoms with E-state index in [2.05, 4.69) is 10.2 Å². The van der Waals surface area contributed by atoms with Crippen LogP contribution in [0.3, 0.4) is 0 Å². The molecule has 7 nitrogen and oxygen atoms in total. The van der Waals surface area contributed by atoms with Gasteiger partial charge in [-0.15, -0.1) is 10.2 Å². The molecule has 2 heterocycles. The number of aromatic carboxylic acids is 1. The van der Waals surface area contributed by atoms with Crippen LogP contribution in [0.25, 0.3) is 0 Å². The van der Waals surface area contributed by atoms with E-state index in [-0.39, 0.29) is 5.56 Å². The van der Waals surface area contributed by atoms with Crippen molar-refractivity contribution in [3.8, 4) is 0 Å². The van der Waals surface area contributed by atoms with Crippen LogP contribution < -0.4 is 5.73 Å². The van der Waals surface area contributed by atoms with E-state index < -0.39 is 5.97 Å². The molecule has 0 bridgehead atoms. The maximum absolute atomic E-state index is 10.9. The first-order valence-corrected chi connectivity index (χ1v) is 6.08. The van der Waals surface area contributed by atoms with Gasteiger partial charge in [-0.2, -0.15) is 0 Å². The Hall–Kier alpha value is -1.96.